The normalized spacial score (nSPS) is 31.9. The smallest absolute Gasteiger partial charge is 0.244 e. The molecule has 180 valence electrons. The van der Waals surface area contributed by atoms with Gasteiger partial charge in [-0.05, 0) is 25.3 Å². The second-order valence-electron chi connectivity index (χ2n) is 8.80. The van der Waals surface area contributed by atoms with E-state index < -0.39 is 35.2 Å². The lowest BCUT2D eigenvalue weighted by atomic mass is 9.79. The number of fused-ring (bicyclic) bond motifs is 1. The van der Waals surface area contributed by atoms with Gasteiger partial charge in [0.15, 0.2) is 12.1 Å². The van der Waals surface area contributed by atoms with Crippen molar-refractivity contribution in [3.8, 4) is 0 Å². The summed E-state index contributed by atoms with van der Waals surface area (Å²) in [5.74, 6) is -0.398. The zero-order valence-electron chi connectivity index (χ0n) is 19.3. The number of allylic oxidation sites excluding steroid dienone is 4. The largest absolute Gasteiger partial charge is 0.383 e. The van der Waals surface area contributed by atoms with Crippen molar-refractivity contribution in [3.63, 3.8) is 0 Å². The van der Waals surface area contributed by atoms with E-state index >= 15 is 0 Å². The first-order valence-corrected chi connectivity index (χ1v) is 12.1. The molecule has 0 bridgehead atoms. The molecule has 1 fully saturated rings. The van der Waals surface area contributed by atoms with E-state index in [2.05, 4.69) is 25.2 Å². The van der Waals surface area contributed by atoms with Crippen LogP contribution in [0.25, 0.3) is 0 Å². The number of carbonyl (C=O) groups is 2. The van der Waals surface area contributed by atoms with Crippen molar-refractivity contribution in [3.05, 3.63) is 34.9 Å². The maximum Gasteiger partial charge on any atom is 0.244 e. The molecular weight excluding hydrogens is 453 g/mol. The van der Waals surface area contributed by atoms with Crippen LogP contribution >= 0.6 is 23.2 Å². The van der Waals surface area contributed by atoms with Gasteiger partial charge in [0.1, 0.15) is 17.1 Å². The number of rotatable bonds is 10. The van der Waals surface area contributed by atoms with Crippen LogP contribution in [0.15, 0.2) is 34.9 Å². The van der Waals surface area contributed by atoms with Crippen LogP contribution in [0.4, 0.5) is 0 Å². The Morgan fingerprint density at radius 3 is 2.78 bits per heavy atom. The SMILES string of the molecule is CCCCCCC(C)C=C(C)C=CC(=O)NC1CC2(O)C=C(Cl)C(=O)C(Cl)C2OC1OC. The minimum atomic E-state index is -1.59. The van der Waals surface area contributed by atoms with Crippen molar-refractivity contribution in [1.29, 1.82) is 0 Å². The number of halogens is 2. The standard InChI is InChI=1S/C24H35Cl2NO5/c1-5-6-7-8-9-15(2)12-16(3)10-11-19(28)27-18-14-24(30)13-17(25)21(29)20(26)22(24)32-23(18)31-4/h10-13,15,18,20,22-23,30H,5-9,14H2,1-4H3,(H,27,28). The molecule has 0 radical (unpaired) electrons. The molecule has 6 nitrogen and oxygen atoms in total. The molecule has 8 heteroatoms. The quantitative estimate of drug-likeness (QED) is 0.206. The molecule has 0 aromatic rings. The summed E-state index contributed by atoms with van der Waals surface area (Å²) in [5.41, 5.74) is -0.576. The summed E-state index contributed by atoms with van der Waals surface area (Å²) in [6.45, 7) is 6.35. The fourth-order valence-electron chi connectivity index (χ4n) is 4.20. The lowest BCUT2D eigenvalue weighted by Crippen LogP contribution is -2.64. The van der Waals surface area contributed by atoms with Crippen molar-refractivity contribution in [2.75, 3.05) is 7.11 Å². The van der Waals surface area contributed by atoms with Gasteiger partial charge in [0.05, 0.1) is 11.1 Å². The monoisotopic (exact) mass is 487 g/mol. The first-order valence-electron chi connectivity index (χ1n) is 11.3. The van der Waals surface area contributed by atoms with Crippen molar-refractivity contribution in [2.24, 2.45) is 5.92 Å². The molecule has 1 saturated heterocycles. The van der Waals surface area contributed by atoms with Crippen LogP contribution in [0, 0.1) is 5.92 Å². The Hall–Kier alpha value is -1.18. The molecule has 6 unspecified atom stereocenters. The minimum absolute atomic E-state index is 0.0477. The molecular formula is C24H35Cl2NO5. The third-order valence-corrected chi connectivity index (χ3v) is 6.62. The molecule has 0 aromatic carbocycles. The van der Waals surface area contributed by atoms with Crippen molar-refractivity contribution in [1.82, 2.24) is 5.32 Å². The summed E-state index contributed by atoms with van der Waals surface area (Å²) in [5, 5.41) is 12.5. The number of ketones is 1. The number of Topliss-reactive ketones (excluding diaryl/α,β-unsaturated/α-hetero) is 1. The van der Waals surface area contributed by atoms with E-state index in [0.717, 1.165) is 12.0 Å². The zero-order chi connectivity index (χ0) is 23.9. The fraction of sp³-hybridized carbons (Fsp3) is 0.667. The van der Waals surface area contributed by atoms with Gasteiger partial charge >= 0.3 is 0 Å². The van der Waals surface area contributed by atoms with E-state index in [1.807, 2.05) is 6.92 Å². The van der Waals surface area contributed by atoms with Crippen LogP contribution < -0.4 is 5.32 Å². The number of hydrogen-bond donors (Lipinski definition) is 2. The number of nitrogens with one attached hydrogen (secondary N) is 1. The van der Waals surface area contributed by atoms with Gasteiger partial charge < -0.3 is 19.9 Å². The molecule has 2 rings (SSSR count). The molecule has 0 aromatic heterocycles. The third-order valence-electron chi connectivity index (χ3n) is 5.90. The van der Waals surface area contributed by atoms with Gasteiger partial charge in [0.2, 0.25) is 5.91 Å². The number of unbranched alkanes of at least 4 members (excludes halogenated alkanes) is 3. The minimum Gasteiger partial charge on any atom is -0.383 e. The summed E-state index contributed by atoms with van der Waals surface area (Å²) in [7, 11) is 1.43. The zero-order valence-corrected chi connectivity index (χ0v) is 20.8. The molecule has 2 N–H and O–H groups in total. The number of ether oxygens (including phenoxy) is 2. The molecule has 6 atom stereocenters. The van der Waals surface area contributed by atoms with Gasteiger partial charge in [0, 0.05) is 19.6 Å². The number of amides is 1. The summed E-state index contributed by atoms with van der Waals surface area (Å²) in [6.07, 6.45) is 10.9. The summed E-state index contributed by atoms with van der Waals surface area (Å²) in [4.78, 5) is 24.6. The topological polar surface area (TPSA) is 84.9 Å². The number of alkyl halides is 1. The average molecular weight is 488 g/mol. The molecule has 0 saturated carbocycles. The van der Waals surface area contributed by atoms with Crippen LogP contribution in [0.1, 0.15) is 59.3 Å². The van der Waals surface area contributed by atoms with E-state index in [0.29, 0.717) is 5.92 Å². The molecule has 2 aliphatic rings. The van der Waals surface area contributed by atoms with Crippen LogP contribution in [-0.2, 0) is 19.1 Å². The molecule has 1 amide bonds. The van der Waals surface area contributed by atoms with Crippen LogP contribution in [0.3, 0.4) is 0 Å². The van der Waals surface area contributed by atoms with Crippen molar-refractivity contribution >= 4 is 34.9 Å². The highest BCUT2D eigenvalue weighted by Crippen LogP contribution is 2.40. The Labute approximate surface area is 201 Å². The van der Waals surface area contributed by atoms with Gasteiger partial charge in [-0.3, -0.25) is 9.59 Å². The van der Waals surface area contributed by atoms with Gasteiger partial charge in [-0.1, -0.05) is 68.9 Å². The number of hydrogen-bond acceptors (Lipinski definition) is 5. The first kappa shape index (κ1) is 27.1. The summed E-state index contributed by atoms with van der Waals surface area (Å²) < 4.78 is 11.1. The lowest BCUT2D eigenvalue weighted by molar-refractivity contribution is -0.244. The summed E-state index contributed by atoms with van der Waals surface area (Å²) >= 11 is 12.1. The predicted octanol–water partition coefficient (Wildman–Crippen LogP) is 4.39. The highest BCUT2D eigenvalue weighted by molar-refractivity contribution is 6.49. The molecule has 0 spiro atoms. The number of carbonyl (C=O) groups excluding carboxylic acids is 2. The molecule has 1 heterocycles. The van der Waals surface area contributed by atoms with Crippen LogP contribution in [0.2, 0.25) is 0 Å². The van der Waals surface area contributed by atoms with Gasteiger partial charge in [-0.2, -0.15) is 0 Å². The van der Waals surface area contributed by atoms with E-state index in [1.54, 1.807) is 6.08 Å². The Morgan fingerprint density at radius 2 is 2.12 bits per heavy atom. The second-order valence-corrected chi connectivity index (χ2v) is 9.68. The second kappa shape index (κ2) is 12.3. The van der Waals surface area contributed by atoms with Gasteiger partial charge in [-0.15, -0.1) is 11.6 Å². The highest BCUT2D eigenvalue weighted by Gasteiger charge is 2.54. The highest BCUT2D eigenvalue weighted by atomic mass is 35.5. The first-order chi connectivity index (χ1) is 15.1. The predicted molar refractivity (Wildman–Crippen MR) is 127 cm³/mol. The Morgan fingerprint density at radius 1 is 1.41 bits per heavy atom. The number of aliphatic hydroxyl groups is 1. The Kier molecular flexibility index (Phi) is 10.4. The third kappa shape index (κ3) is 7.16. The lowest BCUT2D eigenvalue weighted by Gasteiger charge is -2.47. The Balaban J connectivity index is 1.98. The molecule has 1 aliphatic heterocycles. The molecule has 32 heavy (non-hydrogen) atoms. The van der Waals surface area contributed by atoms with Gasteiger partial charge in [0.25, 0.3) is 0 Å². The van der Waals surface area contributed by atoms with E-state index in [4.69, 9.17) is 32.7 Å². The maximum atomic E-state index is 12.5. The summed E-state index contributed by atoms with van der Waals surface area (Å²) in [6, 6.07) is -0.655. The van der Waals surface area contributed by atoms with Crippen LogP contribution in [-0.4, -0.2) is 53.3 Å². The van der Waals surface area contributed by atoms with Crippen LogP contribution in [0.5, 0.6) is 0 Å². The fourth-order valence-corrected chi connectivity index (χ4v) is 4.96. The average Bonchev–Trinajstić information content (AvgIpc) is 2.73. The van der Waals surface area contributed by atoms with E-state index in [-0.39, 0.29) is 17.4 Å². The maximum absolute atomic E-state index is 12.5. The number of methoxy groups -OCH3 is 1. The molecule has 1 aliphatic carbocycles. The van der Waals surface area contributed by atoms with Gasteiger partial charge in [-0.25, -0.2) is 0 Å². The Bertz CT molecular complexity index is 765. The van der Waals surface area contributed by atoms with E-state index in [9.17, 15) is 14.7 Å². The van der Waals surface area contributed by atoms with E-state index in [1.165, 1.54) is 44.9 Å². The van der Waals surface area contributed by atoms with Crippen molar-refractivity contribution < 1.29 is 24.2 Å². The van der Waals surface area contributed by atoms with Crippen molar-refractivity contribution in [2.45, 2.75) is 88.7 Å².